The highest BCUT2D eigenvalue weighted by Crippen LogP contribution is 2.35. The van der Waals surface area contributed by atoms with Crippen molar-refractivity contribution in [2.45, 2.75) is 45.6 Å². The van der Waals surface area contributed by atoms with Gasteiger partial charge in [-0.15, -0.1) is 0 Å². The number of aliphatic hydroxyl groups excluding tert-OH is 1. The summed E-state index contributed by atoms with van der Waals surface area (Å²) in [7, 11) is 3.50. The van der Waals surface area contributed by atoms with Gasteiger partial charge in [-0.1, -0.05) is 25.1 Å². The fourth-order valence-electron chi connectivity index (χ4n) is 5.05. The summed E-state index contributed by atoms with van der Waals surface area (Å²) in [5, 5.41) is 17.0. The Morgan fingerprint density at radius 1 is 1.24 bits per heavy atom. The second kappa shape index (κ2) is 12.5. The molecule has 1 aromatic heterocycles. The van der Waals surface area contributed by atoms with E-state index < -0.39 is 29.8 Å². The number of anilines is 1. The van der Waals surface area contributed by atoms with Crippen LogP contribution in [0.5, 0.6) is 5.75 Å². The van der Waals surface area contributed by atoms with Crippen molar-refractivity contribution < 1.29 is 32.6 Å². The van der Waals surface area contributed by atoms with Crippen LogP contribution in [-0.4, -0.2) is 75.4 Å². The summed E-state index contributed by atoms with van der Waals surface area (Å²) in [4.78, 5) is 30.4. The number of rotatable bonds is 8. The van der Waals surface area contributed by atoms with Gasteiger partial charge in [0.25, 0.3) is 11.8 Å². The zero-order valence-corrected chi connectivity index (χ0v) is 24.3. The Morgan fingerprint density at radius 2 is 1.93 bits per heavy atom. The molecule has 0 saturated heterocycles. The second-order valence-electron chi connectivity index (χ2n) is 10.9. The van der Waals surface area contributed by atoms with Gasteiger partial charge in [0.1, 0.15) is 11.8 Å². The van der Waals surface area contributed by atoms with E-state index in [4.69, 9.17) is 4.74 Å². The first-order chi connectivity index (χ1) is 19.8. The summed E-state index contributed by atoms with van der Waals surface area (Å²) in [5.74, 6) is -0.740. The van der Waals surface area contributed by atoms with Crippen LogP contribution in [0.2, 0.25) is 0 Å². The number of carbonyl (C=O) groups excluding carboxylic acids is 2. The number of hydrogen-bond donors (Lipinski definition) is 2. The molecule has 2 heterocycles. The molecule has 2 N–H and O–H groups in total. The van der Waals surface area contributed by atoms with Gasteiger partial charge in [0.2, 0.25) is 0 Å². The summed E-state index contributed by atoms with van der Waals surface area (Å²) in [6, 6.07) is 11.1. The molecule has 0 spiro atoms. The van der Waals surface area contributed by atoms with Gasteiger partial charge in [-0.2, -0.15) is 18.3 Å². The van der Waals surface area contributed by atoms with Crippen molar-refractivity contribution in [2.75, 3.05) is 32.1 Å². The van der Waals surface area contributed by atoms with Crippen LogP contribution in [0.15, 0.2) is 48.5 Å². The maximum absolute atomic E-state index is 13.7. The minimum Gasteiger partial charge on any atom is -0.486 e. The minimum atomic E-state index is -4.41. The van der Waals surface area contributed by atoms with E-state index in [1.54, 1.807) is 50.1 Å². The van der Waals surface area contributed by atoms with E-state index in [1.165, 1.54) is 16.8 Å². The molecule has 0 radical (unpaired) electrons. The van der Waals surface area contributed by atoms with E-state index in [0.717, 1.165) is 12.1 Å². The maximum Gasteiger partial charge on any atom is 0.416 e. The summed E-state index contributed by atoms with van der Waals surface area (Å²) >= 11 is 0. The van der Waals surface area contributed by atoms with Crippen molar-refractivity contribution in [1.82, 2.24) is 19.6 Å². The molecule has 0 fully saturated rings. The number of nitrogens with one attached hydrogen (secondary N) is 1. The fourth-order valence-corrected chi connectivity index (χ4v) is 5.05. The Morgan fingerprint density at radius 3 is 2.52 bits per heavy atom. The zero-order valence-electron chi connectivity index (χ0n) is 24.3. The topological polar surface area (TPSA) is 99.9 Å². The quantitative estimate of drug-likeness (QED) is 0.407. The minimum absolute atomic E-state index is 0.199. The van der Waals surface area contributed by atoms with Gasteiger partial charge >= 0.3 is 6.18 Å². The molecule has 226 valence electrons. The number of nitrogens with zero attached hydrogens (tertiary/aromatic N) is 4. The maximum atomic E-state index is 13.7. The molecule has 2 amide bonds. The van der Waals surface area contributed by atoms with E-state index >= 15 is 0 Å². The molecule has 0 unspecified atom stereocenters. The third kappa shape index (κ3) is 6.93. The summed E-state index contributed by atoms with van der Waals surface area (Å²) in [5.41, 5.74) is 1.56. The number of para-hydroxylation sites is 1. The standard InChI is InChI=1S/C30H36F3N5O4/c1-18-14-38(20(3)17-39)29(41)23-7-6-8-24(34-28(40)25-13-19(2)35-37(25)5)27(23)42-26(18)16-36(4)15-21-9-11-22(12-10-21)30(31,32)33/h6-13,18,20,26,39H,14-17H2,1-5H3,(H,34,40)/t18-,20+,26-/m0/s1. The normalized spacial score (nSPS) is 18.2. The molecular formula is C30H36F3N5O4. The zero-order chi connectivity index (χ0) is 30.8. The molecule has 1 aliphatic heterocycles. The van der Waals surface area contributed by atoms with Gasteiger partial charge in [-0.25, -0.2) is 0 Å². The number of benzene rings is 2. The lowest BCUT2D eigenvalue weighted by Gasteiger charge is -2.38. The summed E-state index contributed by atoms with van der Waals surface area (Å²) in [6.07, 6.45) is -4.88. The van der Waals surface area contributed by atoms with E-state index in [0.29, 0.717) is 42.3 Å². The number of halogens is 3. The Bertz CT molecular complexity index is 1420. The van der Waals surface area contributed by atoms with Crippen LogP contribution in [-0.2, 0) is 19.8 Å². The summed E-state index contributed by atoms with van der Waals surface area (Å²) < 4.78 is 47.0. The fraction of sp³-hybridized carbons (Fsp3) is 0.433. The number of likely N-dealkylation sites (N-methyl/N-ethyl adjacent to an activating group) is 1. The number of hydrogen-bond acceptors (Lipinski definition) is 6. The average Bonchev–Trinajstić information content (AvgIpc) is 3.28. The Hall–Kier alpha value is -3.90. The molecule has 12 heteroatoms. The Balaban J connectivity index is 1.64. The van der Waals surface area contributed by atoms with E-state index in [9.17, 15) is 27.9 Å². The van der Waals surface area contributed by atoms with Gasteiger partial charge in [0, 0.05) is 32.6 Å². The van der Waals surface area contributed by atoms with Crippen molar-refractivity contribution in [1.29, 1.82) is 0 Å². The Labute approximate surface area is 242 Å². The number of amides is 2. The molecule has 9 nitrogen and oxygen atoms in total. The van der Waals surface area contributed by atoms with Crippen molar-refractivity contribution >= 4 is 17.5 Å². The molecule has 0 bridgehead atoms. The molecule has 3 atom stereocenters. The van der Waals surface area contributed by atoms with Crippen LogP contribution in [0.4, 0.5) is 18.9 Å². The van der Waals surface area contributed by atoms with Gasteiger partial charge in [0.05, 0.1) is 35.2 Å². The number of aromatic nitrogens is 2. The second-order valence-corrected chi connectivity index (χ2v) is 10.9. The number of fused-ring (bicyclic) bond motifs is 1. The molecular weight excluding hydrogens is 551 g/mol. The largest absolute Gasteiger partial charge is 0.486 e. The highest BCUT2D eigenvalue weighted by atomic mass is 19.4. The van der Waals surface area contributed by atoms with Crippen molar-refractivity contribution in [3.05, 3.63) is 76.6 Å². The Kier molecular flexibility index (Phi) is 9.27. The van der Waals surface area contributed by atoms with E-state index in [1.807, 2.05) is 18.9 Å². The molecule has 0 saturated carbocycles. The van der Waals surface area contributed by atoms with Crippen molar-refractivity contribution in [3.63, 3.8) is 0 Å². The van der Waals surface area contributed by atoms with Crippen LogP contribution < -0.4 is 10.1 Å². The molecule has 3 aromatic rings. The lowest BCUT2D eigenvalue weighted by atomic mass is 9.98. The first-order valence-electron chi connectivity index (χ1n) is 13.7. The smallest absolute Gasteiger partial charge is 0.416 e. The van der Waals surface area contributed by atoms with Crippen LogP contribution in [0, 0.1) is 12.8 Å². The number of aliphatic hydroxyl groups is 1. The van der Waals surface area contributed by atoms with E-state index in [-0.39, 0.29) is 29.7 Å². The molecule has 42 heavy (non-hydrogen) atoms. The predicted molar refractivity (Wildman–Crippen MR) is 151 cm³/mol. The van der Waals surface area contributed by atoms with Gasteiger partial charge in [-0.3, -0.25) is 19.2 Å². The van der Waals surface area contributed by atoms with Crippen LogP contribution >= 0.6 is 0 Å². The summed E-state index contributed by atoms with van der Waals surface area (Å²) in [6.45, 7) is 6.29. The average molecular weight is 588 g/mol. The SMILES string of the molecule is Cc1cc(C(=O)Nc2cccc3c2O[C@@H](CN(C)Cc2ccc(C(F)(F)F)cc2)[C@@H](C)CN([C@H](C)CO)C3=O)n(C)n1. The molecule has 4 rings (SSSR count). The van der Waals surface area contributed by atoms with Crippen molar-refractivity contribution in [3.8, 4) is 5.75 Å². The van der Waals surface area contributed by atoms with Gasteiger partial charge in [-0.05, 0) is 56.8 Å². The van der Waals surface area contributed by atoms with Crippen LogP contribution in [0.3, 0.4) is 0 Å². The molecule has 1 aliphatic rings. The number of aryl methyl sites for hydroxylation is 2. The highest BCUT2D eigenvalue weighted by Gasteiger charge is 2.35. The number of alkyl halides is 3. The number of ether oxygens (including phenoxy) is 1. The molecule has 0 aliphatic carbocycles. The first-order valence-corrected chi connectivity index (χ1v) is 13.7. The van der Waals surface area contributed by atoms with Crippen LogP contribution in [0.1, 0.15) is 51.5 Å². The third-order valence-corrected chi connectivity index (χ3v) is 7.40. The molecule has 2 aromatic carbocycles. The lowest BCUT2D eigenvalue weighted by Crippen LogP contribution is -2.49. The van der Waals surface area contributed by atoms with Gasteiger partial charge in [0.15, 0.2) is 5.75 Å². The van der Waals surface area contributed by atoms with Crippen molar-refractivity contribution in [2.24, 2.45) is 13.0 Å². The van der Waals surface area contributed by atoms with Gasteiger partial charge < -0.3 is 20.1 Å². The number of carbonyl (C=O) groups is 2. The monoisotopic (exact) mass is 587 g/mol. The van der Waals surface area contributed by atoms with E-state index in [2.05, 4.69) is 10.4 Å². The predicted octanol–water partition coefficient (Wildman–Crippen LogP) is 4.35. The third-order valence-electron chi connectivity index (χ3n) is 7.40. The van der Waals surface area contributed by atoms with Crippen LogP contribution in [0.25, 0.3) is 0 Å². The lowest BCUT2D eigenvalue weighted by molar-refractivity contribution is -0.137. The highest BCUT2D eigenvalue weighted by molar-refractivity contribution is 6.06. The first kappa shape index (κ1) is 31.0.